The van der Waals surface area contributed by atoms with E-state index in [1.165, 1.54) is 0 Å². The van der Waals surface area contributed by atoms with Crippen molar-refractivity contribution in [2.45, 2.75) is 39.8 Å². The lowest BCUT2D eigenvalue weighted by atomic mass is 10.1. The third-order valence-corrected chi connectivity index (χ3v) is 5.71. The molecule has 0 saturated carbocycles. The standard InChI is InChI=1S/C24H35N5O3.HI/c1-7-25-24(27-14-22-17(3)23(32-6)16(2)13-26-22)28-18-8-9-29(15-18)19-10-20(30-4)12-21(11-19)31-5;/h10-13,18H,7-9,14-15H2,1-6H3,(H2,25,27,28);1H. The number of aliphatic imine (C=N–C) groups is 1. The molecule has 182 valence electrons. The predicted molar refractivity (Wildman–Crippen MR) is 144 cm³/mol. The van der Waals surface area contributed by atoms with Gasteiger partial charge in [-0.05, 0) is 27.2 Å². The zero-order valence-corrected chi connectivity index (χ0v) is 22.7. The summed E-state index contributed by atoms with van der Waals surface area (Å²) in [6.45, 7) is 9.20. The molecular formula is C24H36IN5O3. The Morgan fingerprint density at radius 2 is 1.82 bits per heavy atom. The quantitative estimate of drug-likeness (QED) is 0.285. The molecule has 9 heteroatoms. The number of guanidine groups is 1. The van der Waals surface area contributed by atoms with Gasteiger partial charge in [0.1, 0.15) is 17.2 Å². The fourth-order valence-electron chi connectivity index (χ4n) is 3.99. The van der Waals surface area contributed by atoms with E-state index in [1.807, 2.05) is 38.2 Å². The maximum absolute atomic E-state index is 5.52. The molecule has 8 nitrogen and oxygen atoms in total. The summed E-state index contributed by atoms with van der Waals surface area (Å²) in [7, 11) is 5.04. The smallest absolute Gasteiger partial charge is 0.191 e. The topological polar surface area (TPSA) is 80.2 Å². The maximum atomic E-state index is 5.52. The Bertz CT molecular complexity index is 932. The van der Waals surface area contributed by atoms with Gasteiger partial charge in [-0.1, -0.05) is 0 Å². The van der Waals surface area contributed by atoms with Crippen LogP contribution in [0.5, 0.6) is 17.2 Å². The van der Waals surface area contributed by atoms with Crippen LogP contribution < -0.4 is 29.7 Å². The fourth-order valence-corrected chi connectivity index (χ4v) is 3.99. The normalized spacial score (nSPS) is 15.6. The van der Waals surface area contributed by atoms with E-state index < -0.39 is 0 Å². The number of rotatable bonds is 8. The van der Waals surface area contributed by atoms with Gasteiger partial charge in [0.25, 0.3) is 0 Å². The first-order chi connectivity index (χ1) is 15.5. The van der Waals surface area contributed by atoms with Crippen molar-refractivity contribution >= 4 is 35.6 Å². The van der Waals surface area contributed by atoms with Gasteiger partial charge in [-0.15, -0.1) is 24.0 Å². The number of hydrogen-bond donors (Lipinski definition) is 2. The maximum Gasteiger partial charge on any atom is 0.191 e. The van der Waals surface area contributed by atoms with Crippen molar-refractivity contribution < 1.29 is 14.2 Å². The molecule has 2 heterocycles. The van der Waals surface area contributed by atoms with E-state index in [0.717, 1.165) is 71.8 Å². The summed E-state index contributed by atoms with van der Waals surface area (Å²) in [5.41, 5.74) is 4.08. The SMILES string of the molecule is CCNC(=NCc1ncc(C)c(OC)c1C)NC1CCN(c2cc(OC)cc(OC)c2)C1.I. The summed E-state index contributed by atoms with van der Waals surface area (Å²) >= 11 is 0. The molecule has 3 rings (SSSR count). The summed E-state index contributed by atoms with van der Waals surface area (Å²) in [6.07, 6.45) is 2.86. The van der Waals surface area contributed by atoms with Crippen LogP contribution in [0.1, 0.15) is 30.2 Å². The van der Waals surface area contributed by atoms with Crippen molar-refractivity contribution in [1.29, 1.82) is 0 Å². The first kappa shape index (κ1) is 26.8. The van der Waals surface area contributed by atoms with Gasteiger partial charge in [0.2, 0.25) is 0 Å². The molecule has 1 unspecified atom stereocenters. The van der Waals surface area contributed by atoms with Crippen molar-refractivity contribution in [2.24, 2.45) is 4.99 Å². The molecule has 2 aromatic rings. The van der Waals surface area contributed by atoms with E-state index in [0.29, 0.717) is 6.54 Å². The number of nitrogens with zero attached hydrogens (tertiary/aromatic N) is 3. The first-order valence-corrected chi connectivity index (χ1v) is 11.0. The summed E-state index contributed by atoms with van der Waals surface area (Å²) in [4.78, 5) is 11.7. The molecule has 2 N–H and O–H groups in total. The summed E-state index contributed by atoms with van der Waals surface area (Å²) in [5.74, 6) is 3.26. The second-order valence-electron chi connectivity index (χ2n) is 7.89. The Balaban J connectivity index is 0.00000385. The van der Waals surface area contributed by atoms with Gasteiger partial charge in [-0.3, -0.25) is 4.98 Å². The van der Waals surface area contributed by atoms with E-state index in [-0.39, 0.29) is 30.0 Å². The molecule has 1 aromatic carbocycles. The van der Waals surface area contributed by atoms with Crippen molar-refractivity contribution in [3.8, 4) is 17.2 Å². The molecule has 1 atom stereocenters. The average molecular weight is 569 g/mol. The minimum absolute atomic E-state index is 0. The van der Waals surface area contributed by atoms with Crippen molar-refractivity contribution in [2.75, 3.05) is 45.9 Å². The molecule has 0 amide bonds. The van der Waals surface area contributed by atoms with Gasteiger partial charge < -0.3 is 29.7 Å². The zero-order chi connectivity index (χ0) is 23.1. The van der Waals surface area contributed by atoms with E-state index >= 15 is 0 Å². The largest absolute Gasteiger partial charge is 0.497 e. The Morgan fingerprint density at radius 3 is 2.42 bits per heavy atom. The molecule has 0 radical (unpaired) electrons. The van der Waals surface area contributed by atoms with Crippen LogP contribution >= 0.6 is 24.0 Å². The average Bonchev–Trinajstić information content (AvgIpc) is 3.27. The van der Waals surface area contributed by atoms with Crippen molar-refractivity contribution in [1.82, 2.24) is 15.6 Å². The Hall–Kier alpha value is -2.43. The lowest BCUT2D eigenvalue weighted by Crippen LogP contribution is -2.44. The summed E-state index contributed by atoms with van der Waals surface area (Å²) < 4.78 is 16.4. The predicted octanol–water partition coefficient (Wildman–Crippen LogP) is 3.68. The van der Waals surface area contributed by atoms with Crippen LogP contribution in [0.15, 0.2) is 29.4 Å². The monoisotopic (exact) mass is 569 g/mol. The van der Waals surface area contributed by atoms with Gasteiger partial charge in [-0.2, -0.15) is 0 Å². The number of ether oxygens (including phenoxy) is 3. The van der Waals surface area contributed by atoms with E-state index in [4.69, 9.17) is 19.2 Å². The summed E-state index contributed by atoms with van der Waals surface area (Å²) in [5, 5.41) is 6.93. The first-order valence-electron chi connectivity index (χ1n) is 11.0. The third kappa shape index (κ3) is 6.78. The van der Waals surface area contributed by atoms with Crippen LogP contribution in [0.2, 0.25) is 0 Å². The fraction of sp³-hybridized carbons (Fsp3) is 0.500. The van der Waals surface area contributed by atoms with Gasteiger partial charge >= 0.3 is 0 Å². The Morgan fingerprint density at radius 1 is 1.12 bits per heavy atom. The molecule has 1 aliphatic rings. The number of methoxy groups -OCH3 is 3. The zero-order valence-electron chi connectivity index (χ0n) is 20.4. The number of aromatic nitrogens is 1. The minimum Gasteiger partial charge on any atom is -0.497 e. The third-order valence-electron chi connectivity index (χ3n) is 5.71. The molecule has 33 heavy (non-hydrogen) atoms. The highest BCUT2D eigenvalue weighted by Crippen LogP contribution is 2.30. The Kier molecular flexibility index (Phi) is 10.3. The molecule has 0 spiro atoms. The molecule has 1 saturated heterocycles. The number of benzene rings is 1. The molecule has 0 bridgehead atoms. The van der Waals surface area contributed by atoms with Gasteiger partial charge in [0.05, 0.1) is 33.6 Å². The highest BCUT2D eigenvalue weighted by Gasteiger charge is 2.24. The number of halogens is 1. The molecule has 1 aliphatic heterocycles. The van der Waals surface area contributed by atoms with Crippen LogP contribution in [0.25, 0.3) is 0 Å². The lowest BCUT2D eigenvalue weighted by molar-refractivity contribution is 0.394. The second kappa shape index (κ2) is 12.7. The number of anilines is 1. The van der Waals surface area contributed by atoms with Crippen LogP contribution in [0.4, 0.5) is 5.69 Å². The lowest BCUT2D eigenvalue weighted by Gasteiger charge is -2.21. The van der Waals surface area contributed by atoms with Crippen LogP contribution in [-0.4, -0.2) is 57.9 Å². The number of aryl methyl sites for hydroxylation is 1. The molecular weight excluding hydrogens is 533 g/mol. The molecule has 1 fully saturated rings. The van der Waals surface area contributed by atoms with Gasteiger partial charge in [-0.25, -0.2) is 4.99 Å². The van der Waals surface area contributed by atoms with Crippen molar-refractivity contribution in [3.63, 3.8) is 0 Å². The van der Waals surface area contributed by atoms with E-state index in [9.17, 15) is 0 Å². The molecule has 0 aliphatic carbocycles. The summed E-state index contributed by atoms with van der Waals surface area (Å²) in [6, 6.07) is 6.26. The highest BCUT2D eigenvalue weighted by molar-refractivity contribution is 14.0. The number of pyridine rings is 1. The van der Waals surface area contributed by atoms with Crippen LogP contribution in [0.3, 0.4) is 0 Å². The van der Waals surface area contributed by atoms with E-state index in [1.54, 1.807) is 21.3 Å². The second-order valence-corrected chi connectivity index (χ2v) is 7.89. The Labute approximate surface area is 214 Å². The highest BCUT2D eigenvalue weighted by atomic mass is 127. The van der Waals surface area contributed by atoms with Gasteiger partial charge in [0, 0.05) is 66.9 Å². The van der Waals surface area contributed by atoms with Gasteiger partial charge in [0.15, 0.2) is 5.96 Å². The number of hydrogen-bond acceptors (Lipinski definition) is 6. The molecule has 1 aromatic heterocycles. The van der Waals surface area contributed by atoms with Crippen molar-refractivity contribution in [3.05, 3.63) is 41.2 Å². The van der Waals surface area contributed by atoms with Crippen LogP contribution in [-0.2, 0) is 6.54 Å². The van der Waals surface area contributed by atoms with E-state index in [2.05, 4.69) is 27.4 Å². The van der Waals surface area contributed by atoms with Crippen LogP contribution in [0, 0.1) is 13.8 Å². The number of nitrogens with one attached hydrogen (secondary N) is 2. The minimum atomic E-state index is 0.